The van der Waals surface area contributed by atoms with Crippen LogP contribution in [0.3, 0.4) is 0 Å². The maximum absolute atomic E-state index is 12.2. The highest BCUT2D eigenvalue weighted by Gasteiger charge is 2.06. The minimum absolute atomic E-state index is 0.100. The lowest BCUT2D eigenvalue weighted by Gasteiger charge is -2.10. The van der Waals surface area contributed by atoms with Crippen molar-refractivity contribution in [1.82, 2.24) is 9.38 Å². The molecule has 0 aliphatic heterocycles. The lowest BCUT2D eigenvalue weighted by molar-refractivity contribution is 0.305. The van der Waals surface area contributed by atoms with Crippen LogP contribution in [-0.4, -0.2) is 9.38 Å². The summed E-state index contributed by atoms with van der Waals surface area (Å²) in [7, 11) is 0. The second-order valence-corrected chi connectivity index (χ2v) is 5.78. The number of benzene rings is 2. The van der Waals surface area contributed by atoms with E-state index < -0.39 is 0 Å². The number of rotatable bonds is 3. The second-order valence-electron chi connectivity index (χ2n) is 5.78. The van der Waals surface area contributed by atoms with E-state index in [1.54, 1.807) is 6.20 Å². The third-order valence-corrected chi connectivity index (χ3v) is 4.00. The molecule has 0 saturated heterocycles. The Hall–Kier alpha value is -3.14. The van der Waals surface area contributed by atoms with E-state index in [0.29, 0.717) is 11.3 Å². The largest absolute Gasteiger partial charge is 0.487 e. The van der Waals surface area contributed by atoms with E-state index in [9.17, 15) is 4.79 Å². The van der Waals surface area contributed by atoms with E-state index in [2.05, 4.69) is 4.98 Å². The highest BCUT2D eigenvalue weighted by Crippen LogP contribution is 2.25. The summed E-state index contributed by atoms with van der Waals surface area (Å²) in [6.45, 7) is 2.24. The van der Waals surface area contributed by atoms with Crippen LogP contribution in [0.15, 0.2) is 71.7 Å². The Balaban J connectivity index is 1.68. The summed E-state index contributed by atoms with van der Waals surface area (Å²) < 4.78 is 7.46. The smallest absolute Gasteiger partial charge is 0.258 e. The Labute approximate surface area is 139 Å². The molecule has 0 radical (unpaired) electrons. The molecular formula is C20H16N2O2. The van der Waals surface area contributed by atoms with Gasteiger partial charge >= 0.3 is 0 Å². The van der Waals surface area contributed by atoms with Crippen molar-refractivity contribution in [3.8, 4) is 5.75 Å². The predicted molar refractivity (Wildman–Crippen MR) is 94.5 cm³/mol. The molecule has 0 fully saturated rings. The molecule has 24 heavy (non-hydrogen) atoms. The van der Waals surface area contributed by atoms with Crippen LogP contribution < -0.4 is 10.3 Å². The predicted octanol–water partition coefficient (Wildman–Crippen LogP) is 3.74. The summed E-state index contributed by atoms with van der Waals surface area (Å²) >= 11 is 0. The van der Waals surface area contributed by atoms with Gasteiger partial charge in [0.15, 0.2) is 0 Å². The molecule has 0 spiro atoms. The van der Waals surface area contributed by atoms with Crippen molar-refractivity contribution in [1.29, 1.82) is 0 Å². The van der Waals surface area contributed by atoms with Crippen LogP contribution >= 0.6 is 0 Å². The Bertz CT molecular complexity index is 1090. The maximum Gasteiger partial charge on any atom is 0.258 e. The van der Waals surface area contributed by atoms with E-state index in [1.807, 2.05) is 61.5 Å². The van der Waals surface area contributed by atoms with Gasteiger partial charge in [0.1, 0.15) is 18.0 Å². The van der Waals surface area contributed by atoms with Crippen molar-refractivity contribution in [2.45, 2.75) is 13.5 Å². The SMILES string of the molecule is Cc1ccn2c(=O)cc(COc3cccc4ccccc34)nc2c1. The van der Waals surface area contributed by atoms with Gasteiger partial charge in [0.05, 0.1) is 5.69 Å². The first kappa shape index (κ1) is 14.5. The van der Waals surface area contributed by atoms with Crippen LogP contribution in [0.4, 0.5) is 0 Å². The summed E-state index contributed by atoms with van der Waals surface area (Å²) in [4.78, 5) is 16.7. The lowest BCUT2D eigenvalue weighted by atomic mass is 10.1. The molecule has 0 N–H and O–H groups in total. The number of pyridine rings is 1. The first-order valence-corrected chi connectivity index (χ1v) is 7.80. The summed E-state index contributed by atoms with van der Waals surface area (Å²) in [5.41, 5.74) is 2.23. The normalized spacial score (nSPS) is 11.0. The average Bonchev–Trinajstić information content (AvgIpc) is 2.59. The molecule has 0 saturated carbocycles. The van der Waals surface area contributed by atoms with Crippen molar-refractivity contribution < 1.29 is 4.74 Å². The molecule has 2 heterocycles. The van der Waals surface area contributed by atoms with E-state index in [-0.39, 0.29) is 12.2 Å². The molecule has 0 atom stereocenters. The molecule has 0 aliphatic carbocycles. The van der Waals surface area contributed by atoms with Crippen LogP contribution in [0.25, 0.3) is 16.4 Å². The van der Waals surface area contributed by atoms with Gasteiger partial charge in [0.2, 0.25) is 0 Å². The molecule has 0 unspecified atom stereocenters. The number of hydrogen-bond donors (Lipinski definition) is 0. The van der Waals surface area contributed by atoms with E-state index in [1.165, 1.54) is 10.5 Å². The zero-order valence-electron chi connectivity index (χ0n) is 13.3. The first-order valence-electron chi connectivity index (χ1n) is 7.80. The monoisotopic (exact) mass is 316 g/mol. The van der Waals surface area contributed by atoms with Crippen LogP contribution in [0.5, 0.6) is 5.75 Å². The number of hydrogen-bond acceptors (Lipinski definition) is 3. The number of nitrogens with zero attached hydrogens (tertiary/aromatic N) is 2. The molecule has 0 amide bonds. The first-order chi connectivity index (χ1) is 11.7. The fourth-order valence-corrected chi connectivity index (χ4v) is 2.80. The summed E-state index contributed by atoms with van der Waals surface area (Å²) in [6, 6.07) is 19.3. The number of aryl methyl sites for hydroxylation is 1. The van der Waals surface area contributed by atoms with Gasteiger partial charge in [-0.1, -0.05) is 36.4 Å². The number of fused-ring (bicyclic) bond motifs is 2. The van der Waals surface area contributed by atoms with Gasteiger partial charge in [-0.2, -0.15) is 0 Å². The summed E-state index contributed by atoms with van der Waals surface area (Å²) in [5.74, 6) is 0.791. The zero-order chi connectivity index (χ0) is 16.5. The van der Waals surface area contributed by atoms with E-state index in [0.717, 1.165) is 22.1 Å². The van der Waals surface area contributed by atoms with E-state index in [4.69, 9.17) is 4.74 Å². The molecule has 4 nitrogen and oxygen atoms in total. The van der Waals surface area contributed by atoms with Crippen molar-refractivity contribution in [2.24, 2.45) is 0 Å². The molecule has 0 bridgehead atoms. The minimum atomic E-state index is -0.100. The Morgan fingerprint density at radius 1 is 1.04 bits per heavy atom. The summed E-state index contributed by atoms with van der Waals surface area (Å²) in [6.07, 6.45) is 1.75. The molecule has 4 rings (SSSR count). The van der Waals surface area contributed by atoms with E-state index >= 15 is 0 Å². The van der Waals surface area contributed by atoms with Gasteiger partial charge in [-0.15, -0.1) is 0 Å². The van der Waals surface area contributed by atoms with Gasteiger partial charge in [-0.25, -0.2) is 4.98 Å². The molecular weight excluding hydrogens is 300 g/mol. The van der Waals surface area contributed by atoms with Gasteiger partial charge in [-0.05, 0) is 36.1 Å². The number of ether oxygens (including phenoxy) is 1. The van der Waals surface area contributed by atoms with Crippen molar-refractivity contribution >= 4 is 16.4 Å². The minimum Gasteiger partial charge on any atom is -0.487 e. The number of aromatic nitrogens is 2. The van der Waals surface area contributed by atoms with Gasteiger partial charge in [0, 0.05) is 17.6 Å². The Morgan fingerprint density at radius 2 is 1.88 bits per heavy atom. The molecule has 118 valence electrons. The quantitative estimate of drug-likeness (QED) is 0.578. The van der Waals surface area contributed by atoms with Crippen molar-refractivity contribution in [2.75, 3.05) is 0 Å². The Morgan fingerprint density at radius 3 is 2.79 bits per heavy atom. The molecule has 4 aromatic rings. The Kier molecular flexibility index (Phi) is 3.50. The highest BCUT2D eigenvalue weighted by atomic mass is 16.5. The second kappa shape index (κ2) is 5.81. The van der Waals surface area contributed by atoms with Crippen LogP contribution in [0, 0.1) is 6.92 Å². The third-order valence-electron chi connectivity index (χ3n) is 4.00. The fraction of sp³-hybridized carbons (Fsp3) is 0.100. The average molecular weight is 316 g/mol. The van der Waals surface area contributed by atoms with Crippen molar-refractivity contribution in [3.63, 3.8) is 0 Å². The topological polar surface area (TPSA) is 43.6 Å². The zero-order valence-corrected chi connectivity index (χ0v) is 13.3. The van der Waals surface area contributed by atoms with Crippen molar-refractivity contribution in [3.05, 3.63) is 88.5 Å². The highest BCUT2D eigenvalue weighted by molar-refractivity contribution is 5.88. The maximum atomic E-state index is 12.2. The molecule has 0 aliphatic rings. The van der Waals surface area contributed by atoms with Gasteiger partial charge in [0.25, 0.3) is 5.56 Å². The molecule has 4 heteroatoms. The fourth-order valence-electron chi connectivity index (χ4n) is 2.80. The molecule has 2 aromatic heterocycles. The van der Waals surface area contributed by atoms with Crippen LogP contribution in [-0.2, 0) is 6.61 Å². The summed E-state index contributed by atoms with van der Waals surface area (Å²) in [5, 5.41) is 2.17. The van der Waals surface area contributed by atoms with Crippen LogP contribution in [0.1, 0.15) is 11.3 Å². The lowest BCUT2D eigenvalue weighted by Crippen LogP contribution is -2.16. The van der Waals surface area contributed by atoms with Gasteiger partial charge < -0.3 is 4.74 Å². The molecule has 2 aromatic carbocycles. The standard InChI is InChI=1S/C20H16N2O2/c1-14-9-10-22-19(11-14)21-16(12-20(22)23)13-24-18-8-4-6-15-5-2-3-7-17(15)18/h2-12H,13H2,1H3. The van der Waals surface area contributed by atoms with Crippen LogP contribution in [0.2, 0.25) is 0 Å². The van der Waals surface area contributed by atoms with Gasteiger partial charge in [-0.3, -0.25) is 9.20 Å². The third kappa shape index (κ3) is 2.63.